The van der Waals surface area contributed by atoms with Crippen LogP contribution in [0, 0.1) is 0 Å². The summed E-state index contributed by atoms with van der Waals surface area (Å²) in [7, 11) is 2.25. The first-order valence-corrected chi connectivity index (χ1v) is 6.14. The highest BCUT2D eigenvalue weighted by Crippen LogP contribution is 2.28. The Bertz CT molecular complexity index is 183. The van der Waals surface area contributed by atoms with Gasteiger partial charge in [0.1, 0.15) is 0 Å². The summed E-state index contributed by atoms with van der Waals surface area (Å²) in [5.41, 5.74) is 0. The lowest BCUT2D eigenvalue weighted by Gasteiger charge is -2.43. The molecule has 2 aliphatic rings. The minimum absolute atomic E-state index is 0.815. The van der Waals surface area contributed by atoms with Crippen molar-refractivity contribution in [3.8, 4) is 0 Å². The molecule has 2 rings (SSSR count). The molecule has 0 aliphatic carbocycles. The lowest BCUT2D eigenvalue weighted by Crippen LogP contribution is -2.50. The molecule has 0 aromatic rings. The Morgan fingerprint density at radius 3 is 2.14 bits per heavy atom. The van der Waals surface area contributed by atoms with Crippen LogP contribution in [-0.4, -0.2) is 48.1 Å². The van der Waals surface area contributed by atoms with E-state index in [1.807, 2.05) is 0 Å². The summed E-state index contributed by atoms with van der Waals surface area (Å²) in [6, 6.07) is 2.47. The molecule has 2 saturated heterocycles. The number of hydrogen-bond donors (Lipinski definition) is 0. The lowest BCUT2D eigenvalue weighted by molar-refractivity contribution is 0.0593. The van der Waals surface area contributed by atoms with Gasteiger partial charge in [0, 0.05) is 24.7 Å². The Balaban J connectivity index is 1.99. The second kappa shape index (κ2) is 4.19. The second-order valence-corrected chi connectivity index (χ2v) is 5.28. The molecule has 2 aliphatic heterocycles. The van der Waals surface area contributed by atoms with Crippen molar-refractivity contribution in [2.45, 2.75) is 57.7 Å². The van der Waals surface area contributed by atoms with Crippen molar-refractivity contribution >= 4 is 0 Å². The van der Waals surface area contributed by atoms with Gasteiger partial charge in [0.25, 0.3) is 0 Å². The van der Waals surface area contributed by atoms with Crippen LogP contribution in [0.2, 0.25) is 0 Å². The molecule has 2 fully saturated rings. The van der Waals surface area contributed by atoms with Crippen LogP contribution in [0.15, 0.2) is 0 Å². The van der Waals surface area contributed by atoms with Crippen molar-refractivity contribution < 1.29 is 0 Å². The van der Waals surface area contributed by atoms with Crippen molar-refractivity contribution in [2.75, 3.05) is 20.1 Å². The summed E-state index contributed by atoms with van der Waals surface area (Å²) in [6.45, 7) is 7.40. The third kappa shape index (κ3) is 1.96. The highest BCUT2D eigenvalue weighted by Gasteiger charge is 2.33. The van der Waals surface area contributed by atoms with Crippen molar-refractivity contribution in [3.05, 3.63) is 0 Å². The van der Waals surface area contributed by atoms with Gasteiger partial charge in [-0.3, -0.25) is 4.90 Å². The van der Waals surface area contributed by atoms with Crippen molar-refractivity contribution in [3.63, 3.8) is 0 Å². The zero-order valence-electron chi connectivity index (χ0n) is 9.87. The highest BCUT2D eigenvalue weighted by atomic mass is 15.3. The molecule has 14 heavy (non-hydrogen) atoms. The van der Waals surface area contributed by atoms with E-state index >= 15 is 0 Å². The quantitative estimate of drug-likeness (QED) is 0.632. The van der Waals surface area contributed by atoms with Gasteiger partial charge in [0.2, 0.25) is 0 Å². The Hall–Kier alpha value is -0.0800. The van der Waals surface area contributed by atoms with E-state index in [1.165, 1.54) is 38.8 Å². The molecule has 2 heterocycles. The zero-order valence-corrected chi connectivity index (χ0v) is 9.87. The molecule has 3 unspecified atom stereocenters. The van der Waals surface area contributed by atoms with E-state index < -0.39 is 0 Å². The van der Waals surface area contributed by atoms with Crippen LogP contribution < -0.4 is 0 Å². The second-order valence-electron chi connectivity index (χ2n) is 5.28. The average Bonchev–Trinajstić information content (AvgIpc) is 2.51. The first-order chi connectivity index (χ1) is 6.68. The summed E-state index contributed by atoms with van der Waals surface area (Å²) >= 11 is 0. The summed E-state index contributed by atoms with van der Waals surface area (Å²) in [5, 5.41) is 0. The topological polar surface area (TPSA) is 6.48 Å². The first-order valence-electron chi connectivity index (χ1n) is 6.14. The largest absolute Gasteiger partial charge is 0.305 e. The lowest BCUT2D eigenvalue weighted by atomic mass is 9.95. The summed E-state index contributed by atoms with van der Waals surface area (Å²) in [5.74, 6) is 0. The maximum atomic E-state index is 2.78. The number of nitrogens with zero attached hydrogens (tertiary/aromatic N) is 2. The normalized spacial score (nSPS) is 41.8. The first kappa shape index (κ1) is 10.4. The molecule has 0 spiro atoms. The van der Waals surface area contributed by atoms with E-state index in [1.54, 1.807) is 0 Å². The van der Waals surface area contributed by atoms with Crippen LogP contribution >= 0.6 is 0 Å². The van der Waals surface area contributed by atoms with E-state index in [2.05, 4.69) is 30.7 Å². The molecule has 0 N–H and O–H groups in total. The molecular formula is C12H24N2. The molecule has 0 aromatic heterocycles. The molecule has 0 saturated carbocycles. The van der Waals surface area contributed by atoms with Gasteiger partial charge in [-0.1, -0.05) is 6.42 Å². The Morgan fingerprint density at radius 2 is 1.64 bits per heavy atom. The number of hydrogen-bond acceptors (Lipinski definition) is 2. The van der Waals surface area contributed by atoms with Gasteiger partial charge in [0.15, 0.2) is 0 Å². The minimum Gasteiger partial charge on any atom is -0.305 e. The molecule has 0 radical (unpaired) electrons. The van der Waals surface area contributed by atoms with E-state index in [4.69, 9.17) is 0 Å². The van der Waals surface area contributed by atoms with Crippen LogP contribution in [-0.2, 0) is 0 Å². The van der Waals surface area contributed by atoms with Crippen LogP contribution in [0.4, 0.5) is 0 Å². The van der Waals surface area contributed by atoms with E-state index in [9.17, 15) is 0 Å². The van der Waals surface area contributed by atoms with E-state index in [0.29, 0.717) is 0 Å². The van der Waals surface area contributed by atoms with Crippen LogP contribution in [0.5, 0.6) is 0 Å². The van der Waals surface area contributed by atoms with Crippen molar-refractivity contribution in [1.29, 1.82) is 0 Å². The van der Waals surface area contributed by atoms with Gasteiger partial charge in [-0.25, -0.2) is 0 Å². The molecule has 2 heteroatoms. The minimum atomic E-state index is 0.815. The standard InChI is InChI=1S/C12H24N2/c1-10-5-4-6-11(2)14(10)12-7-8-13(3)9-12/h10-12H,4-9H2,1-3H3. The predicted molar refractivity (Wildman–Crippen MR) is 60.5 cm³/mol. The number of likely N-dealkylation sites (tertiary alicyclic amines) is 2. The Labute approximate surface area is 88.3 Å². The molecule has 0 aromatic carbocycles. The SMILES string of the molecule is CC1CCCC(C)N1C1CCN(C)C1. The number of rotatable bonds is 1. The van der Waals surface area contributed by atoms with Crippen molar-refractivity contribution in [2.24, 2.45) is 0 Å². The third-order valence-electron chi connectivity index (χ3n) is 4.05. The summed E-state index contributed by atoms with van der Waals surface area (Å²) < 4.78 is 0. The van der Waals surface area contributed by atoms with Crippen LogP contribution in [0.25, 0.3) is 0 Å². The molecule has 3 atom stereocenters. The summed E-state index contributed by atoms with van der Waals surface area (Å²) in [4.78, 5) is 5.26. The van der Waals surface area contributed by atoms with E-state index in [0.717, 1.165) is 18.1 Å². The molecule has 0 bridgehead atoms. The maximum absolute atomic E-state index is 2.78. The van der Waals surface area contributed by atoms with E-state index in [-0.39, 0.29) is 0 Å². The van der Waals surface area contributed by atoms with Gasteiger partial charge in [0.05, 0.1) is 0 Å². The van der Waals surface area contributed by atoms with Gasteiger partial charge in [-0.05, 0) is 46.7 Å². The molecule has 82 valence electrons. The fourth-order valence-electron chi connectivity index (χ4n) is 3.32. The highest BCUT2D eigenvalue weighted by molar-refractivity contribution is 4.89. The predicted octanol–water partition coefficient (Wildman–Crippen LogP) is 1.95. The van der Waals surface area contributed by atoms with Crippen molar-refractivity contribution in [1.82, 2.24) is 9.80 Å². The fourth-order valence-corrected chi connectivity index (χ4v) is 3.32. The number of piperidine rings is 1. The summed E-state index contributed by atoms with van der Waals surface area (Å²) in [6.07, 6.45) is 5.63. The smallest absolute Gasteiger partial charge is 0.0240 e. The molecule has 0 amide bonds. The molecule has 2 nitrogen and oxygen atoms in total. The van der Waals surface area contributed by atoms with Gasteiger partial charge < -0.3 is 4.90 Å². The fraction of sp³-hybridized carbons (Fsp3) is 1.00. The van der Waals surface area contributed by atoms with Crippen LogP contribution in [0.1, 0.15) is 39.5 Å². The Morgan fingerprint density at radius 1 is 1.00 bits per heavy atom. The van der Waals surface area contributed by atoms with Gasteiger partial charge in [-0.15, -0.1) is 0 Å². The maximum Gasteiger partial charge on any atom is 0.0240 e. The molecular weight excluding hydrogens is 172 g/mol. The van der Waals surface area contributed by atoms with Gasteiger partial charge in [-0.2, -0.15) is 0 Å². The number of likely N-dealkylation sites (N-methyl/N-ethyl adjacent to an activating group) is 1. The van der Waals surface area contributed by atoms with Crippen LogP contribution in [0.3, 0.4) is 0 Å². The van der Waals surface area contributed by atoms with Gasteiger partial charge >= 0.3 is 0 Å². The third-order valence-corrected chi connectivity index (χ3v) is 4.05. The Kier molecular flexibility index (Phi) is 3.13. The zero-order chi connectivity index (χ0) is 10.1. The monoisotopic (exact) mass is 196 g/mol. The average molecular weight is 196 g/mol.